The molecule has 0 spiro atoms. The summed E-state index contributed by atoms with van der Waals surface area (Å²) in [6, 6.07) is 0.601. The van der Waals surface area contributed by atoms with Gasteiger partial charge in [-0.05, 0) is 32.2 Å². The fourth-order valence-corrected chi connectivity index (χ4v) is 2.40. The molecule has 1 N–H and O–H groups in total. The Labute approximate surface area is 106 Å². The van der Waals surface area contributed by atoms with Gasteiger partial charge in [-0.25, -0.2) is 4.98 Å². The van der Waals surface area contributed by atoms with Crippen LogP contribution in [0.1, 0.15) is 46.4 Å². The quantitative estimate of drug-likeness (QED) is 0.753. The Bertz CT molecular complexity index is 306. The number of hydrogen-bond donors (Lipinski definition) is 1. The van der Waals surface area contributed by atoms with Crippen molar-refractivity contribution in [2.45, 2.75) is 59.5 Å². The maximum Gasteiger partial charge on any atom is 0.108 e. The van der Waals surface area contributed by atoms with E-state index in [9.17, 15) is 0 Å². The van der Waals surface area contributed by atoms with E-state index in [1.54, 1.807) is 0 Å². The van der Waals surface area contributed by atoms with E-state index >= 15 is 0 Å². The van der Waals surface area contributed by atoms with E-state index in [2.05, 4.69) is 48.8 Å². The summed E-state index contributed by atoms with van der Waals surface area (Å²) < 4.78 is 2.29. The van der Waals surface area contributed by atoms with Gasteiger partial charge in [0.1, 0.15) is 5.82 Å². The molecule has 3 heteroatoms. The number of aromatic nitrogens is 2. The van der Waals surface area contributed by atoms with Crippen LogP contribution in [0.4, 0.5) is 0 Å². The minimum Gasteiger partial charge on any atom is -0.335 e. The lowest BCUT2D eigenvalue weighted by atomic mass is 9.99. The van der Waals surface area contributed by atoms with Crippen molar-refractivity contribution >= 4 is 0 Å². The molecule has 0 radical (unpaired) electrons. The van der Waals surface area contributed by atoms with Crippen molar-refractivity contribution < 1.29 is 0 Å². The fourth-order valence-electron chi connectivity index (χ4n) is 2.40. The van der Waals surface area contributed by atoms with Crippen molar-refractivity contribution in [3.63, 3.8) is 0 Å². The monoisotopic (exact) mass is 237 g/mol. The number of nitrogens with zero attached hydrogens (tertiary/aromatic N) is 2. The smallest absolute Gasteiger partial charge is 0.108 e. The van der Waals surface area contributed by atoms with Gasteiger partial charge in [-0.3, -0.25) is 0 Å². The lowest BCUT2D eigenvalue weighted by Gasteiger charge is -2.18. The van der Waals surface area contributed by atoms with E-state index < -0.39 is 0 Å². The number of hydrogen-bond acceptors (Lipinski definition) is 2. The summed E-state index contributed by atoms with van der Waals surface area (Å²) in [7, 11) is 0. The largest absolute Gasteiger partial charge is 0.335 e. The van der Waals surface area contributed by atoms with E-state index in [4.69, 9.17) is 0 Å². The lowest BCUT2D eigenvalue weighted by molar-refractivity contribution is 0.415. The highest BCUT2D eigenvalue weighted by molar-refractivity contribution is 4.94. The predicted molar refractivity (Wildman–Crippen MR) is 73.1 cm³/mol. The highest BCUT2D eigenvalue weighted by Gasteiger charge is 2.11. The van der Waals surface area contributed by atoms with Crippen LogP contribution in [0.15, 0.2) is 12.4 Å². The van der Waals surface area contributed by atoms with Crippen molar-refractivity contribution in [1.29, 1.82) is 0 Å². The molecule has 0 aliphatic heterocycles. The lowest BCUT2D eigenvalue weighted by Crippen LogP contribution is -2.28. The van der Waals surface area contributed by atoms with Crippen LogP contribution in [0.2, 0.25) is 0 Å². The first-order valence-electron chi connectivity index (χ1n) is 6.90. The molecule has 2 unspecified atom stereocenters. The third-order valence-corrected chi connectivity index (χ3v) is 3.11. The molecule has 1 aromatic rings. The van der Waals surface area contributed by atoms with Crippen molar-refractivity contribution in [1.82, 2.24) is 14.9 Å². The molecule has 17 heavy (non-hydrogen) atoms. The van der Waals surface area contributed by atoms with Crippen molar-refractivity contribution in [2.24, 2.45) is 5.92 Å². The molecule has 0 fully saturated rings. The third-order valence-electron chi connectivity index (χ3n) is 3.11. The van der Waals surface area contributed by atoms with E-state index in [0.29, 0.717) is 12.0 Å². The first-order chi connectivity index (χ1) is 8.17. The Kier molecular flexibility index (Phi) is 6.27. The summed E-state index contributed by atoms with van der Waals surface area (Å²) >= 11 is 0. The van der Waals surface area contributed by atoms with E-state index in [1.807, 2.05) is 6.20 Å². The number of rotatable bonds is 8. The normalized spacial score (nSPS) is 14.8. The first kappa shape index (κ1) is 14.2. The highest BCUT2D eigenvalue weighted by atomic mass is 15.1. The molecule has 2 atom stereocenters. The minimum atomic E-state index is 0.601. The van der Waals surface area contributed by atoms with Gasteiger partial charge in [0, 0.05) is 31.4 Å². The molecule has 0 aromatic carbocycles. The van der Waals surface area contributed by atoms with Crippen molar-refractivity contribution in [3.05, 3.63) is 18.2 Å². The molecule has 0 saturated carbocycles. The SMILES string of the molecule is CCCn1ccnc1CC(C)CC(C)NCC. The van der Waals surface area contributed by atoms with Gasteiger partial charge in [0.15, 0.2) is 0 Å². The Balaban J connectivity index is 2.44. The van der Waals surface area contributed by atoms with Crippen LogP contribution in [0, 0.1) is 5.92 Å². The topological polar surface area (TPSA) is 29.9 Å². The number of imidazole rings is 1. The maximum absolute atomic E-state index is 4.47. The van der Waals surface area contributed by atoms with E-state index in [-0.39, 0.29) is 0 Å². The maximum atomic E-state index is 4.47. The van der Waals surface area contributed by atoms with Crippen LogP contribution < -0.4 is 5.32 Å². The van der Waals surface area contributed by atoms with Gasteiger partial charge in [0.2, 0.25) is 0 Å². The first-order valence-corrected chi connectivity index (χ1v) is 6.90. The molecule has 0 aliphatic rings. The second-order valence-electron chi connectivity index (χ2n) is 5.04. The summed E-state index contributed by atoms with van der Waals surface area (Å²) in [5.74, 6) is 1.92. The van der Waals surface area contributed by atoms with Gasteiger partial charge >= 0.3 is 0 Å². The second-order valence-corrected chi connectivity index (χ2v) is 5.04. The highest BCUT2D eigenvalue weighted by Crippen LogP contribution is 2.13. The zero-order valence-electron chi connectivity index (χ0n) is 11.7. The molecule has 0 amide bonds. The number of nitrogens with one attached hydrogen (secondary N) is 1. The Hall–Kier alpha value is -0.830. The van der Waals surface area contributed by atoms with Crippen LogP contribution in [0.5, 0.6) is 0 Å². The molecule has 0 bridgehead atoms. The molecular formula is C14H27N3. The Morgan fingerprint density at radius 1 is 1.35 bits per heavy atom. The van der Waals surface area contributed by atoms with Crippen molar-refractivity contribution in [2.75, 3.05) is 6.54 Å². The van der Waals surface area contributed by atoms with Crippen LogP contribution >= 0.6 is 0 Å². The van der Waals surface area contributed by atoms with Crippen LogP contribution in [0.3, 0.4) is 0 Å². The minimum absolute atomic E-state index is 0.601. The molecule has 1 heterocycles. The number of aryl methyl sites for hydroxylation is 1. The van der Waals surface area contributed by atoms with Crippen LogP contribution in [-0.4, -0.2) is 22.1 Å². The Morgan fingerprint density at radius 2 is 2.12 bits per heavy atom. The van der Waals surface area contributed by atoms with Gasteiger partial charge in [0.25, 0.3) is 0 Å². The molecule has 98 valence electrons. The zero-order valence-corrected chi connectivity index (χ0v) is 11.7. The molecular weight excluding hydrogens is 210 g/mol. The van der Waals surface area contributed by atoms with Gasteiger partial charge < -0.3 is 9.88 Å². The Morgan fingerprint density at radius 3 is 2.76 bits per heavy atom. The molecule has 1 rings (SSSR count). The van der Waals surface area contributed by atoms with Gasteiger partial charge in [-0.1, -0.05) is 20.8 Å². The summed E-state index contributed by atoms with van der Waals surface area (Å²) in [5, 5.41) is 3.47. The summed E-state index contributed by atoms with van der Waals surface area (Å²) in [4.78, 5) is 4.47. The average Bonchev–Trinajstić information content (AvgIpc) is 2.66. The van der Waals surface area contributed by atoms with Crippen LogP contribution in [0.25, 0.3) is 0 Å². The van der Waals surface area contributed by atoms with Crippen molar-refractivity contribution in [3.8, 4) is 0 Å². The average molecular weight is 237 g/mol. The summed E-state index contributed by atoms with van der Waals surface area (Å²) in [6.07, 6.45) is 7.49. The van der Waals surface area contributed by atoms with E-state index in [0.717, 1.165) is 19.5 Å². The zero-order chi connectivity index (χ0) is 12.7. The molecule has 3 nitrogen and oxygen atoms in total. The van der Waals surface area contributed by atoms with Gasteiger partial charge in [-0.15, -0.1) is 0 Å². The fraction of sp³-hybridized carbons (Fsp3) is 0.786. The summed E-state index contributed by atoms with van der Waals surface area (Å²) in [5.41, 5.74) is 0. The summed E-state index contributed by atoms with van der Waals surface area (Å²) in [6.45, 7) is 11.1. The van der Waals surface area contributed by atoms with Gasteiger partial charge in [0.05, 0.1) is 0 Å². The standard InChI is InChI=1S/C14H27N3/c1-5-8-17-9-7-16-14(17)11-12(3)10-13(4)15-6-2/h7,9,12-13,15H,5-6,8,10-11H2,1-4H3. The molecule has 0 saturated heterocycles. The molecule has 0 aliphatic carbocycles. The molecule has 1 aromatic heterocycles. The predicted octanol–water partition coefficient (Wildman–Crippen LogP) is 2.86. The van der Waals surface area contributed by atoms with E-state index in [1.165, 1.54) is 18.7 Å². The third kappa shape index (κ3) is 4.90. The van der Waals surface area contributed by atoms with Gasteiger partial charge in [-0.2, -0.15) is 0 Å². The van der Waals surface area contributed by atoms with Crippen LogP contribution in [-0.2, 0) is 13.0 Å². The second kappa shape index (κ2) is 7.49.